The topological polar surface area (TPSA) is 89.5 Å². The van der Waals surface area contributed by atoms with E-state index in [9.17, 15) is 9.59 Å². The Morgan fingerprint density at radius 3 is 2.68 bits per heavy atom. The minimum absolute atomic E-state index is 0.271. The number of aromatic nitrogens is 2. The van der Waals surface area contributed by atoms with Crippen molar-refractivity contribution < 1.29 is 9.32 Å². The van der Waals surface area contributed by atoms with Crippen LogP contribution in [0.4, 0.5) is 0 Å². The SMILES string of the molecule is O=C(Cn1c(-c2ccccc2)noc1=O)N/N=C\c1ccccc1Cl. The Hall–Kier alpha value is -3.19. The van der Waals surface area contributed by atoms with E-state index in [1.165, 1.54) is 6.21 Å². The van der Waals surface area contributed by atoms with Crippen molar-refractivity contribution in [2.75, 3.05) is 0 Å². The summed E-state index contributed by atoms with van der Waals surface area (Å²) in [7, 11) is 0. The highest BCUT2D eigenvalue weighted by atomic mass is 35.5. The molecule has 25 heavy (non-hydrogen) atoms. The molecule has 0 aliphatic rings. The summed E-state index contributed by atoms with van der Waals surface area (Å²) in [5.74, 6) is -0.939. The number of nitrogens with zero attached hydrogens (tertiary/aromatic N) is 3. The monoisotopic (exact) mass is 356 g/mol. The Morgan fingerprint density at radius 1 is 1.20 bits per heavy atom. The molecule has 0 fully saturated rings. The maximum absolute atomic E-state index is 12.0. The van der Waals surface area contributed by atoms with Gasteiger partial charge in [-0.05, 0) is 6.07 Å². The highest BCUT2D eigenvalue weighted by molar-refractivity contribution is 6.33. The second kappa shape index (κ2) is 7.59. The Kier molecular flexibility index (Phi) is 5.06. The van der Waals surface area contributed by atoms with E-state index in [0.29, 0.717) is 16.1 Å². The van der Waals surface area contributed by atoms with Crippen molar-refractivity contribution in [3.05, 3.63) is 75.7 Å². The van der Waals surface area contributed by atoms with Crippen molar-refractivity contribution in [2.45, 2.75) is 6.54 Å². The number of nitrogens with one attached hydrogen (secondary N) is 1. The molecule has 7 nitrogen and oxygen atoms in total. The summed E-state index contributed by atoms with van der Waals surface area (Å²) in [4.78, 5) is 23.8. The van der Waals surface area contributed by atoms with E-state index in [1.54, 1.807) is 48.5 Å². The van der Waals surface area contributed by atoms with E-state index in [2.05, 4.69) is 20.2 Å². The van der Waals surface area contributed by atoms with E-state index in [-0.39, 0.29) is 12.4 Å². The van der Waals surface area contributed by atoms with Gasteiger partial charge in [0.15, 0.2) is 5.82 Å². The zero-order chi connectivity index (χ0) is 17.6. The molecule has 0 saturated carbocycles. The number of amides is 1. The van der Waals surface area contributed by atoms with Crippen LogP contribution in [0, 0.1) is 0 Å². The van der Waals surface area contributed by atoms with Crippen molar-refractivity contribution >= 4 is 23.7 Å². The summed E-state index contributed by atoms with van der Waals surface area (Å²) >= 11 is 5.99. The van der Waals surface area contributed by atoms with E-state index in [0.717, 1.165) is 4.57 Å². The first-order valence-corrected chi connectivity index (χ1v) is 7.71. The molecule has 0 aliphatic heterocycles. The van der Waals surface area contributed by atoms with Gasteiger partial charge in [-0.25, -0.2) is 14.8 Å². The quantitative estimate of drug-likeness (QED) is 0.561. The minimum atomic E-state index is -0.718. The predicted molar refractivity (Wildman–Crippen MR) is 93.4 cm³/mol. The number of hydrogen-bond donors (Lipinski definition) is 1. The average molecular weight is 357 g/mol. The van der Waals surface area contributed by atoms with Crippen molar-refractivity contribution in [3.63, 3.8) is 0 Å². The molecule has 1 aromatic heterocycles. The van der Waals surface area contributed by atoms with Crippen LogP contribution >= 0.6 is 11.6 Å². The van der Waals surface area contributed by atoms with Gasteiger partial charge in [-0.15, -0.1) is 0 Å². The Balaban J connectivity index is 1.71. The summed E-state index contributed by atoms with van der Waals surface area (Å²) in [5, 5.41) is 8.07. The van der Waals surface area contributed by atoms with Crippen LogP contribution in [-0.2, 0) is 11.3 Å². The third-order valence-corrected chi connectivity index (χ3v) is 3.66. The summed E-state index contributed by atoms with van der Waals surface area (Å²) in [6.07, 6.45) is 1.43. The molecule has 0 aliphatic carbocycles. The lowest BCUT2D eigenvalue weighted by Gasteiger charge is -2.03. The number of hydrogen-bond acceptors (Lipinski definition) is 5. The van der Waals surface area contributed by atoms with E-state index in [4.69, 9.17) is 11.6 Å². The molecule has 3 aromatic rings. The van der Waals surface area contributed by atoms with Gasteiger partial charge in [0.2, 0.25) is 0 Å². The summed E-state index contributed by atoms with van der Waals surface area (Å²) in [6.45, 7) is -0.271. The Morgan fingerprint density at radius 2 is 1.92 bits per heavy atom. The minimum Gasteiger partial charge on any atom is -0.295 e. The maximum atomic E-state index is 12.0. The molecule has 2 aromatic carbocycles. The first kappa shape index (κ1) is 16.7. The number of rotatable bonds is 5. The average Bonchev–Trinajstić information content (AvgIpc) is 2.98. The van der Waals surface area contributed by atoms with Gasteiger partial charge >= 0.3 is 5.76 Å². The Labute approximate surface area is 147 Å². The molecule has 126 valence electrons. The Bertz CT molecular complexity index is 963. The van der Waals surface area contributed by atoms with Crippen LogP contribution in [0.1, 0.15) is 5.56 Å². The zero-order valence-electron chi connectivity index (χ0n) is 12.9. The fourth-order valence-electron chi connectivity index (χ4n) is 2.14. The highest BCUT2D eigenvalue weighted by Gasteiger charge is 2.15. The van der Waals surface area contributed by atoms with Crippen molar-refractivity contribution in [1.82, 2.24) is 15.1 Å². The molecular formula is C17H13ClN4O3. The van der Waals surface area contributed by atoms with Crippen LogP contribution in [0.3, 0.4) is 0 Å². The van der Waals surface area contributed by atoms with Gasteiger partial charge in [-0.3, -0.25) is 9.32 Å². The second-order valence-electron chi connectivity index (χ2n) is 5.04. The fraction of sp³-hybridized carbons (Fsp3) is 0.0588. The first-order valence-electron chi connectivity index (χ1n) is 7.33. The third kappa shape index (κ3) is 4.02. The first-order chi connectivity index (χ1) is 12.1. The summed E-state index contributed by atoms with van der Waals surface area (Å²) in [6, 6.07) is 16.0. The van der Waals surface area contributed by atoms with Crippen LogP contribution in [0.5, 0.6) is 0 Å². The van der Waals surface area contributed by atoms with Crippen LogP contribution < -0.4 is 11.2 Å². The summed E-state index contributed by atoms with van der Waals surface area (Å²) in [5.41, 5.74) is 3.68. The van der Waals surface area contributed by atoms with Crippen LogP contribution in [0.15, 0.2) is 69.0 Å². The smallest absolute Gasteiger partial charge is 0.295 e. The zero-order valence-corrected chi connectivity index (χ0v) is 13.7. The molecule has 0 atom stereocenters. The van der Waals surface area contributed by atoms with E-state index in [1.807, 2.05) is 6.07 Å². The molecular weight excluding hydrogens is 344 g/mol. The van der Waals surface area contributed by atoms with E-state index < -0.39 is 11.7 Å². The number of hydrazone groups is 1. The fourth-order valence-corrected chi connectivity index (χ4v) is 2.32. The lowest BCUT2D eigenvalue weighted by Crippen LogP contribution is -2.28. The number of benzene rings is 2. The van der Waals surface area contributed by atoms with Crippen molar-refractivity contribution in [1.29, 1.82) is 0 Å². The van der Waals surface area contributed by atoms with Gasteiger partial charge in [-0.1, -0.05) is 65.3 Å². The normalized spacial score (nSPS) is 10.9. The molecule has 0 bridgehead atoms. The van der Waals surface area contributed by atoms with E-state index >= 15 is 0 Å². The highest BCUT2D eigenvalue weighted by Crippen LogP contribution is 2.14. The van der Waals surface area contributed by atoms with Crippen molar-refractivity contribution in [3.8, 4) is 11.4 Å². The molecule has 0 unspecified atom stereocenters. The molecule has 1 heterocycles. The van der Waals surface area contributed by atoms with Gasteiger partial charge in [0, 0.05) is 16.1 Å². The molecule has 3 rings (SSSR count). The van der Waals surface area contributed by atoms with Gasteiger partial charge in [0.1, 0.15) is 6.54 Å². The van der Waals surface area contributed by atoms with Crippen LogP contribution in [0.25, 0.3) is 11.4 Å². The number of carbonyl (C=O) groups excluding carboxylic acids is 1. The van der Waals surface area contributed by atoms with Crippen LogP contribution in [-0.4, -0.2) is 21.8 Å². The summed E-state index contributed by atoms with van der Waals surface area (Å²) < 4.78 is 5.80. The van der Waals surface area contributed by atoms with Gasteiger partial charge in [-0.2, -0.15) is 5.10 Å². The predicted octanol–water partition coefficient (Wildman–Crippen LogP) is 2.31. The van der Waals surface area contributed by atoms with Gasteiger partial charge < -0.3 is 0 Å². The molecule has 0 spiro atoms. The second-order valence-corrected chi connectivity index (χ2v) is 5.45. The number of halogens is 1. The molecule has 0 radical (unpaired) electrons. The standard InChI is InChI=1S/C17H13ClN4O3/c18-14-9-5-4-8-13(14)10-19-20-15(23)11-22-16(21-25-17(22)24)12-6-2-1-3-7-12/h1-10H,11H2,(H,20,23)/b19-10-. The molecule has 0 saturated heterocycles. The van der Waals surface area contributed by atoms with Crippen LogP contribution in [0.2, 0.25) is 5.02 Å². The maximum Gasteiger partial charge on any atom is 0.442 e. The lowest BCUT2D eigenvalue weighted by molar-refractivity contribution is -0.121. The van der Waals surface area contributed by atoms with Gasteiger partial charge in [0.05, 0.1) is 6.21 Å². The van der Waals surface area contributed by atoms with Gasteiger partial charge in [0.25, 0.3) is 5.91 Å². The molecule has 1 amide bonds. The molecule has 1 N–H and O–H groups in total. The molecule has 8 heteroatoms. The third-order valence-electron chi connectivity index (χ3n) is 3.32. The lowest BCUT2D eigenvalue weighted by atomic mass is 10.2. The number of carbonyl (C=O) groups is 1. The largest absolute Gasteiger partial charge is 0.442 e. The van der Waals surface area contributed by atoms with Crippen molar-refractivity contribution in [2.24, 2.45) is 5.10 Å².